The highest BCUT2D eigenvalue weighted by Crippen LogP contribution is 2.37. The Balaban J connectivity index is 0.671. The number of piperidine rings is 1. The number of ketones is 1. The number of carbonyl (C=O) groups excluding carboxylic acids is 3. The Labute approximate surface area is 486 Å². The topological polar surface area (TPSA) is 202 Å². The van der Waals surface area contributed by atoms with Gasteiger partial charge < -0.3 is 34.7 Å². The number of likely N-dealkylation sites (tertiary alicyclic amines) is 1. The second kappa shape index (κ2) is 24.3. The molecule has 0 radical (unpaired) electrons. The van der Waals surface area contributed by atoms with Gasteiger partial charge in [-0.2, -0.15) is 5.10 Å². The molecule has 2 amide bonds. The van der Waals surface area contributed by atoms with E-state index in [1.165, 1.54) is 6.20 Å². The number of aromatic nitrogens is 5. The molecule has 4 aliphatic heterocycles. The van der Waals surface area contributed by atoms with Crippen LogP contribution in [-0.4, -0.2) is 155 Å². The van der Waals surface area contributed by atoms with E-state index >= 15 is 8.78 Å². The minimum absolute atomic E-state index is 0.00868. The number of fused-ring (bicyclic) bond motifs is 1. The van der Waals surface area contributed by atoms with Crippen LogP contribution in [0, 0.1) is 30.4 Å². The Bertz CT molecular complexity index is 3530. The lowest BCUT2D eigenvalue weighted by molar-refractivity contribution is -0.140. The summed E-state index contributed by atoms with van der Waals surface area (Å²) in [6, 6.07) is 20.5. The Morgan fingerprint density at radius 2 is 1.61 bits per heavy atom. The van der Waals surface area contributed by atoms with Crippen LogP contribution < -0.4 is 19.5 Å². The predicted octanol–water partition coefficient (Wildman–Crippen LogP) is 8.08. The maximum atomic E-state index is 16.1. The summed E-state index contributed by atoms with van der Waals surface area (Å²) in [6.45, 7) is 13.8. The van der Waals surface area contributed by atoms with Gasteiger partial charge in [0.1, 0.15) is 35.2 Å². The zero-order chi connectivity index (χ0) is 58.4. The van der Waals surface area contributed by atoms with Crippen molar-refractivity contribution in [3.8, 4) is 21.6 Å². The molecule has 4 saturated heterocycles. The third kappa shape index (κ3) is 11.9. The van der Waals surface area contributed by atoms with Crippen molar-refractivity contribution >= 4 is 68.4 Å². The molecule has 8 heterocycles. The third-order valence-corrected chi connectivity index (χ3v) is 18.6. The SMILES string of the molecule is Cc1ncsc1-c1ccc([C@H](C)NC(=O)[C@@H]2C[C@@H](O)CN2C(=O)[C@@H](c2cc(N3CCN(CC4CCN(c5ccc(-c6cnc7[nH]cc(C(=O)c8c(F)ccc(N(N9CC[C@@H](F)C9)S(=O)[O-])c8F)c7c6)cc5)CC4)CC3)n(C)n2)C(C)C)cc1. The second-order valence-electron chi connectivity index (χ2n) is 22.7. The highest BCUT2D eigenvalue weighted by molar-refractivity contribution is 7.80. The molecule has 4 aromatic heterocycles. The van der Waals surface area contributed by atoms with Gasteiger partial charge in [0.15, 0.2) is 5.82 Å². The van der Waals surface area contributed by atoms with Crippen LogP contribution in [0.2, 0.25) is 0 Å². The van der Waals surface area contributed by atoms with Gasteiger partial charge in [0.05, 0.1) is 63.2 Å². The lowest BCUT2D eigenvalue weighted by Crippen LogP contribution is -2.49. The number of aromatic amines is 1. The van der Waals surface area contributed by atoms with Gasteiger partial charge in [0.2, 0.25) is 17.6 Å². The molecule has 1 unspecified atom stereocenters. The maximum absolute atomic E-state index is 16.1. The lowest BCUT2D eigenvalue weighted by atomic mass is 9.90. The highest BCUT2D eigenvalue weighted by Gasteiger charge is 2.44. The van der Waals surface area contributed by atoms with Gasteiger partial charge in [-0.25, -0.2) is 32.6 Å². The fourth-order valence-corrected chi connectivity index (χ4v) is 13.8. The number of halogens is 3. The van der Waals surface area contributed by atoms with E-state index in [0.29, 0.717) is 32.6 Å². The molecule has 11 rings (SSSR count). The smallest absolute Gasteiger partial charge is 0.243 e. The van der Waals surface area contributed by atoms with Gasteiger partial charge in [-0.15, -0.1) is 11.3 Å². The van der Waals surface area contributed by atoms with Crippen LogP contribution in [0.1, 0.15) is 91.3 Å². The fourth-order valence-electron chi connectivity index (χ4n) is 12.4. The molecule has 6 atom stereocenters. The standard InChI is InChI=1S/C60H69F3N12O6S2/c1-35(2)53(60(79)74-33-45(76)27-51(74)59(78)67-36(3)39-6-8-41(9-7-39)57-37(4)66-34-82-57)49-28-52(69(5)68-49)72-24-22-70(23-25-72)31-38-16-19-71(20-17-38)44-12-10-40(11-13-44)42-26-46-47(30-65-58(46)64-29-42)56(77)54-48(62)14-15-50(55(54)63)75(83(80)81)73-21-18-43(61)32-73/h6-15,26,28-30,34-36,38,43,45,51,53,76H,16-25,27,31-33H2,1-5H3,(H,64,65)(H,67,78)(H,80,81)/p-1/t36-,43+,45+,51-,53+/m0/s1. The number of rotatable bonds is 17. The van der Waals surface area contributed by atoms with Crippen molar-refractivity contribution in [2.45, 2.75) is 83.7 Å². The molecule has 3 N–H and O–H groups in total. The molecule has 18 nitrogen and oxygen atoms in total. The largest absolute Gasteiger partial charge is 0.754 e. The lowest BCUT2D eigenvalue weighted by Gasteiger charge is -2.40. The molecule has 3 aromatic carbocycles. The van der Waals surface area contributed by atoms with E-state index in [-0.39, 0.29) is 61.8 Å². The Hall–Kier alpha value is -7.02. The number of anilines is 3. The number of carbonyl (C=O) groups is 3. The first-order valence-electron chi connectivity index (χ1n) is 28.3. The second-order valence-corrected chi connectivity index (χ2v) is 24.4. The van der Waals surface area contributed by atoms with Gasteiger partial charge in [0.25, 0.3) is 0 Å². The summed E-state index contributed by atoms with van der Waals surface area (Å²) >= 11 is -1.49. The summed E-state index contributed by atoms with van der Waals surface area (Å²) < 4.78 is 72.4. The summed E-state index contributed by atoms with van der Waals surface area (Å²) in [7, 11) is 1.91. The summed E-state index contributed by atoms with van der Waals surface area (Å²) in [6.07, 6.45) is 3.10. The van der Waals surface area contributed by atoms with E-state index in [0.717, 1.165) is 115 Å². The molecule has 438 valence electrons. The molecule has 7 aromatic rings. The van der Waals surface area contributed by atoms with Crippen molar-refractivity contribution in [1.82, 2.24) is 44.9 Å². The van der Waals surface area contributed by atoms with Crippen LogP contribution in [-0.2, 0) is 27.9 Å². The number of β-amino-alcohol motifs (C(OH)–C–C–N with tert-alkyl or cyclic N) is 1. The van der Waals surface area contributed by atoms with Crippen LogP contribution in [0.5, 0.6) is 0 Å². The van der Waals surface area contributed by atoms with Crippen LogP contribution in [0.15, 0.2) is 90.7 Å². The first kappa shape index (κ1) is 57.8. The molecule has 23 heteroatoms. The number of piperazine rings is 1. The van der Waals surface area contributed by atoms with Crippen molar-refractivity contribution in [3.63, 3.8) is 0 Å². The first-order valence-corrected chi connectivity index (χ1v) is 30.3. The fraction of sp³-hybridized carbons (Fsp3) is 0.433. The maximum Gasteiger partial charge on any atom is 0.243 e. The van der Waals surface area contributed by atoms with Crippen LogP contribution in [0.4, 0.5) is 30.4 Å². The Kier molecular flexibility index (Phi) is 16.9. The number of hydrogen-bond acceptors (Lipinski definition) is 14. The molecular formula is C60H68F3N12O6S2-. The zero-order valence-electron chi connectivity index (χ0n) is 47.0. The number of pyridine rings is 1. The minimum atomic E-state index is -3.08. The average molecular weight is 1170 g/mol. The number of hydrogen-bond donors (Lipinski definition) is 3. The Morgan fingerprint density at radius 3 is 2.28 bits per heavy atom. The number of aryl methyl sites for hydroxylation is 2. The number of hydrazine groups is 1. The third-order valence-electron chi connectivity index (χ3n) is 16.9. The van der Waals surface area contributed by atoms with E-state index in [4.69, 9.17) is 5.10 Å². The average Bonchev–Trinajstić information content (AvgIpc) is 3.65. The van der Waals surface area contributed by atoms with E-state index in [2.05, 4.69) is 47.1 Å². The van der Waals surface area contributed by atoms with Crippen molar-refractivity contribution in [3.05, 3.63) is 130 Å². The molecule has 0 spiro atoms. The zero-order valence-corrected chi connectivity index (χ0v) is 48.6. The monoisotopic (exact) mass is 1170 g/mol. The molecule has 0 bridgehead atoms. The number of amides is 2. The summed E-state index contributed by atoms with van der Waals surface area (Å²) in [4.78, 5) is 64.1. The normalized spacial score (nSPS) is 20.4. The minimum Gasteiger partial charge on any atom is -0.754 e. The highest BCUT2D eigenvalue weighted by atomic mass is 32.2. The number of aliphatic hydroxyl groups excluding tert-OH is 1. The van der Waals surface area contributed by atoms with Gasteiger partial charge in [0, 0.05) is 113 Å². The van der Waals surface area contributed by atoms with E-state index in [1.54, 1.807) is 28.5 Å². The molecule has 0 aliphatic carbocycles. The summed E-state index contributed by atoms with van der Waals surface area (Å²) in [5.41, 5.74) is 6.77. The molecule has 83 heavy (non-hydrogen) atoms. The number of nitrogens with zero attached hydrogens (tertiary/aromatic N) is 10. The number of aliphatic hydroxyl groups is 1. The molecule has 4 aliphatic rings. The first-order chi connectivity index (χ1) is 39.9. The van der Waals surface area contributed by atoms with Gasteiger partial charge >= 0.3 is 0 Å². The van der Waals surface area contributed by atoms with Gasteiger partial charge in [-0.05, 0) is 92.0 Å². The Morgan fingerprint density at radius 1 is 0.892 bits per heavy atom. The van der Waals surface area contributed by atoms with Crippen molar-refractivity contribution in [2.75, 3.05) is 79.7 Å². The van der Waals surface area contributed by atoms with Gasteiger partial charge in [-0.1, -0.05) is 50.2 Å². The molecule has 0 saturated carbocycles. The molecular weight excluding hydrogens is 1110 g/mol. The van der Waals surface area contributed by atoms with E-state index in [1.807, 2.05) is 87.4 Å². The van der Waals surface area contributed by atoms with Crippen LogP contribution in [0.3, 0.4) is 0 Å². The summed E-state index contributed by atoms with van der Waals surface area (Å²) in [5, 5.41) is 20.3. The summed E-state index contributed by atoms with van der Waals surface area (Å²) in [5.74, 6) is -3.32. The predicted molar refractivity (Wildman–Crippen MR) is 313 cm³/mol. The number of alkyl halides is 1. The molecule has 4 fully saturated rings. The van der Waals surface area contributed by atoms with E-state index < -0.39 is 64.2 Å². The van der Waals surface area contributed by atoms with Crippen LogP contribution >= 0.6 is 11.3 Å². The van der Waals surface area contributed by atoms with Crippen molar-refractivity contribution in [1.29, 1.82) is 0 Å². The number of H-pyrrole nitrogens is 1. The number of benzene rings is 3. The van der Waals surface area contributed by atoms with Crippen LogP contribution in [0.25, 0.3) is 32.6 Å². The van der Waals surface area contributed by atoms with E-state index in [9.17, 15) is 32.6 Å². The quantitative estimate of drug-likeness (QED) is 0.0584. The van der Waals surface area contributed by atoms with Crippen molar-refractivity contribution < 1.29 is 41.4 Å². The van der Waals surface area contributed by atoms with Crippen molar-refractivity contribution in [2.24, 2.45) is 18.9 Å². The number of thiazole rings is 1. The number of nitrogens with one attached hydrogen (secondary N) is 2. The van der Waals surface area contributed by atoms with Gasteiger partial charge in [-0.3, -0.25) is 28.2 Å².